The van der Waals surface area contributed by atoms with Crippen LogP contribution in [-0.4, -0.2) is 19.5 Å². The van der Waals surface area contributed by atoms with Crippen molar-refractivity contribution in [2.24, 2.45) is 0 Å². The summed E-state index contributed by atoms with van der Waals surface area (Å²) in [4.78, 5) is 16.4. The Morgan fingerprint density at radius 2 is 0.814 bits per heavy atom. The molecule has 0 N–H and O–H groups in total. The fraction of sp³-hybridized carbons (Fsp3) is 0. The molecular formula is C65H40N4O. The lowest BCUT2D eigenvalue weighted by Crippen LogP contribution is -2.03. The van der Waals surface area contributed by atoms with Gasteiger partial charge in [-0.15, -0.1) is 0 Å². The number of furan rings is 1. The Morgan fingerprint density at radius 1 is 0.286 bits per heavy atom. The molecule has 0 radical (unpaired) electrons. The van der Waals surface area contributed by atoms with Crippen LogP contribution < -0.4 is 0 Å². The Bertz CT molecular complexity index is 4260. The molecule has 0 unspecified atom stereocenters. The van der Waals surface area contributed by atoms with Crippen molar-refractivity contribution >= 4 is 65.3 Å². The normalized spacial score (nSPS) is 11.7. The van der Waals surface area contributed by atoms with Gasteiger partial charge in [0, 0.05) is 43.9 Å². The van der Waals surface area contributed by atoms with E-state index in [2.05, 4.69) is 223 Å². The van der Waals surface area contributed by atoms with Gasteiger partial charge in [-0.3, -0.25) is 0 Å². The number of benzene rings is 11. The van der Waals surface area contributed by atoms with Crippen molar-refractivity contribution in [1.29, 1.82) is 0 Å². The molecule has 5 nitrogen and oxygen atoms in total. The predicted octanol–water partition coefficient (Wildman–Crippen LogP) is 17.2. The van der Waals surface area contributed by atoms with E-state index in [1.54, 1.807) is 0 Å². The molecule has 0 atom stereocenters. The first kappa shape index (κ1) is 39.7. The minimum atomic E-state index is 0.573. The Hall–Kier alpha value is -9.45. The summed E-state index contributed by atoms with van der Waals surface area (Å²) in [5, 5.41) is 9.40. The third-order valence-corrected chi connectivity index (χ3v) is 13.9. The third-order valence-electron chi connectivity index (χ3n) is 13.9. The van der Waals surface area contributed by atoms with Crippen molar-refractivity contribution in [2.75, 3.05) is 0 Å². The summed E-state index contributed by atoms with van der Waals surface area (Å²) < 4.78 is 8.82. The summed E-state index contributed by atoms with van der Waals surface area (Å²) in [6.07, 6.45) is 0. The number of aromatic nitrogens is 4. The summed E-state index contributed by atoms with van der Waals surface area (Å²) >= 11 is 0. The fourth-order valence-corrected chi connectivity index (χ4v) is 10.6. The SMILES string of the molecule is c1ccc(-c2ccccc2-c2nc(-c3ccccc3-c3ccccc3)nc(-c3ccc(-n4c5cc6ccccc6cc5c5c6ccccc6ccc54)cc3-c3ccc4oc5ccccc5c4c3)n2)cc1. The van der Waals surface area contributed by atoms with Crippen molar-refractivity contribution in [3.63, 3.8) is 0 Å². The van der Waals surface area contributed by atoms with E-state index in [9.17, 15) is 0 Å². The van der Waals surface area contributed by atoms with Crippen LogP contribution >= 0.6 is 0 Å². The van der Waals surface area contributed by atoms with E-state index in [1.807, 2.05) is 24.3 Å². The van der Waals surface area contributed by atoms with E-state index in [4.69, 9.17) is 19.4 Å². The lowest BCUT2D eigenvalue weighted by Gasteiger charge is -2.17. The molecule has 0 saturated heterocycles. The average Bonchev–Trinajstić information content (AvgIpc) is 3.97. The summed E-state index contributed by atoms with van der Waals surface area (Å²) in [6, 6.07) is 85.8. The number of nitrogens with zero attached hydrogens (tertiary/aromatic N) is 4. The van der Waals surface area contributed by atoms with Crippen LogP contribution in [0.3, 0.4) is 0 Å². The van der Waals surface area contributed by atoms with Crippen LogP contribution in [-0.2, 0) is 0 Å². The number of rotatable bonds is 7. The van der Waals surface area contributed by atoms with E-state index in [0.717, 1.165) is 88.7 Å². The molecule has 0 amide bonds. The minimum Gasteiger partial charge on any atom is -0.456 e. The lowest BCUT2D eigenvalue weighted by molar-refractivity contribution is 0.669. The summed E-state index contributed by atoms with van der Waals surface area (Å²) in [5.74, 6) is 1.76. The van der Waals surface area contributed by atoms with Crippen molar-refractivity contribution in [3.05, 3.63) is 243 Å². The van der Waals surface area contributed by atoms with Crippen LogP contribution in [0.25, 0.3) is 139 Å². The number of fused-ring (bicyclic) bond motifs is 9. The Labute approximate surface area is 403 Å². The number of hydrogen-bond donors (Lipinski definition) is 0. The van der Waals surface area contributed by atoms with Crippen LogP contribution in [0.1, 0.15) is 0 Å². The summed E-state index contributed by atoms with van der Waals surface area (Å²) in [7, 11) is 0. The molecule has 0 aliphatic carbocycles. The molecule has 0 bridgehead atoms. The molecule has 0 aliphatic rings. The molecule has 3 aromatic heterocycles. The van der Waals surface area contributed by atoms with E-state index < -0.39 is 0 Å². The van der Waals surface area contributed by atoms with Crippen molar-refractivity contribution in [1.82, 2.24) is 19.5 Å². The molecule has 3 heterocycles. The molecule has 14 aromatic rings. The lowest BCUT2D eigenvalue weighted by atomic mass is 9.95. The highest BCUT2D eigenvalue weighted by Gasteiger charge is 2.23. The number of hydrogen-bond acceptors (Lipinski definition) is 4. The molecule has 0 fully saturated rings. The van der Waals surface area contributed by atoms with Crippen LogP contribution in [0, 0.1) is 0 Å². The van der Waals surface area contributed by atoms with Gasteiger partial charge in [0.2, 0.25) is 0 Å². The first-order valence-electron chi connectivity index (χ1n) is 23.7. The van der Waals surface area contributed by atoms with Gasteiger partial charge in [-0.2, -0.15) is 0 Å². The Morgan fingerprint density at radius 3 is 1.49 bits per heavy atom. The zero-order valence-electron chi connectivity index (χ0n) is 37.8. The average molecular weight is 893 g/mol. The molecule has 0 saturated carbocycles. The van der Waals surface area contributed by atoms with Gasteiger partial charge in [-0.1, -0.05) is 188 Å². The highest BCUT2D eigenvalue weighted by molar-refractivity contribution is 6.23. The molecule has 70 heavy (non-hydrogen) atoms. The van der Waals surface area contributed by atoms with E-state index in [1.165, 1.54) is 32.3 Å². The van der Waals surface area contributed by atoms with Crippen molar-refractivity contribution < 1.29 is 4.42 Å². The number of para-hydroxylation sites is 1. The zero-order chi connectivity index (χ0) is 46.1. The van der Waals surface area contributed by atoms with Crippen LogP contribution in [0.4, 0.5) is 0 Å². The molecule has 14 rings (SSSR count). The topological polar surface area (TPSA) is 56.7 Å². The monoisotopic (exact) mass is 892 g/mol. The fourth-order valence-electron chi connectivity index (χ4n) is 10.6. The molecule has 11 aromatic carbocycles. The van der Waals surface area contributed by atoms with Gasteiger partial charge in [-0.25, -0.2) is 15.0 Å². The first-order valence-corrected chi connectivity index (χ1v) is 23.7. The van der Waals surface area contributed by atoms with Crippen LogP contribution in [0.2, 0.25) is 0 Å². The van der Waals surface area contributed by atoms with Gasteiger partial charge in [0.15, 0.2) is 17.5 Å². The maximum Gasteiger partial charge on any atom is 0.164 e. The quantitative estimate of drug-likeness (QED) is 0.160. The highest BCUT2D eigenvalue weighted by atomic mass is 16.3. The van der Waals surface area contributed by atoms with Gasteiger partial charge in [-0.05, 0) is 110 Å². The zero-order valence-corrected chi connectivity index (χ0v) is 37.8. The second kappa shape index (κ2) is 16.1. The predicted molar refractivity (Wildman–Crippen MR) is 289 cm³/mol. The highest BCUT2D eigenvalue weighted by Crippen LogP contribution is 2.43. The maximum atomic E-state index is 6.40. The second-order valence-electron chi connectivity index (χ2n) is 17.9. The first-order chi connectivity index (χ1) is 34.7. The van der Waals surface area contributed by atoms with E-state index in [-0.39, 0.29) is 0 Å². The molecule has 0 spiro atoms. The Balaban J connectivity index is 1.07. The van der Waals surface area contributed by atoms with Gasteiger partial charge < -0.3 is 8.98 Å². The van der Waals surface area contributed by atoms with E-state index >= 15 is 0 Å². The molecule has 0 aliphatic heterocycles. The van der Waals surface area contributed by atoms with Crippen molar-refractivity contribution in [3.8, 4) is 73.2 Å². The standard InChI is InChI=1S/C65H40N4O/c1-3-17-41(18-4-1)48-24-11-13-28-52(48)63-66-64(53-29-14-12-25-49(53)42-19-5-2-6-20-42)68-65(67-63)54-34-33-47(40-55(54)46-32-36-61-56(38-46)51-27-15-16-30-60(51)70-61)69-58-35-31-43-21-9-10-26-50(43)62(58)57-37-44-22-7-8-23-45(44)39-59(57)69/h1-40H. The maximum absolute atomic E-state index is 6.40. The van der Waals surface area contributed by atoms with E-state index in [0.29, 0.717) is 17.5 Å². The van der Waals surface area contributed by atoms with Gasteiger partial charge >= 0.3 is 0 Å². The second-order valence-corrected chi connectivity index (χ2v) is 17.9. The molecule has 326 valence electrons. The smallest absolute Gasteiger partial charge is 0.164 e. The Kier molecular flexibility index (Phi) is 9.14. The summed E-state index contributed by atoms with van der Waals surface area (Å²) in [6.45, 7) is 0. The largest absolute Gasteiger partial charge is 0.456 e. The van der Waals surface area contributed by atoms with Gasteiger partial charge in [0.25, 0.3) is 0 Å². The van der Waals surface area contributed by atoms with Crippen LogP contribution in [0.5, 0.6) is 0 Å². The molecule has 5 heteroatoms. The van der Waals surface area contributed by atoms with Crippen molar-refractivity contribution in [2.45, 2.75) is 0 Å². The molecular weight excluding hydrogens is 853 g/mol. The van der Waals surface area contributed by atoms with Crippen LogP contribution in [0.15, 0.2) is 247 Å². The summed E-state index contributed by atoms with van der Waals surface area (Å²) in [5.41, 5.74) is 14.0. The third kappa shape index (κ3) is 6.51. The minimum absolute atomic E-state index is 0.573. The van der Waals surface area contributed by atoms with Gasteiger partial charge in [0.05, 0.1) is 11.0 Å². The van der Waals surface area contributed by atoms with Gasteiger partial charge in [0.1, 0.15) is 11.2 Å².